The number of amides is 1. The first-order valence-corrected chi connectivity index (χ1v) is 7.13. The number of rotatable bonds is 5. The standard InChI is InChI=1S/C15H21FN2O2/c16-14-10-12(19)6-7-13(14)15(20)18(9-3-8-17)11-4-1-2-5-11/h6-7,10-11,19H,1-5,8-9,17H2. The minimum atomic E-state index is -0.675. The van der Waals surface area contributed by atoms with Gasteiger partial charge in [-0.1, -0.05) is 12.8 Å². The molecule has 1 aliphatic carbocycles. The van der Waals surface area contributed by atoms with E-state index in [9.17, 15) is 14.3 Å². The van der Waals surface area contributed by atoms with Crippen LogP contribution >= 0.6 is 0 Å². The molecule has 0 atom stereocenters. The number of nitrogens with two attached hydrogens (primary N) is 1. The molecule has 0 saturated heterocycles. The van der Waals surface area contributed by atoms with Crippen molar-refractivity contribution in [1.82, 2.24) is 4.90 Å². The molecule has 0 heterocycles. The second-order valence-corrected chi connectivity index (χ2v) is 5.24. The molecule has 20 heavy (non-hydrogen) atoms. The van der Waals surface area contributed by atoms with Crippen LogP contribution in [0.4, 0.5) is 4.39 Å². The van der Waals surface area contributed by atoms with E-state index >= 15 is 0 Å². The number of halogens is 1. The number of hydrogen-bond donors (Lipinski definition) is 2. The first-order valence-electron chi connectivity index (χ1n) is 7.13. The molecule has 5 heteroatoms. The maximum Gasteiger partial charge on any atom is 0.257 e. The first kappa shape index (κ1) is 14.8. The van der Waals surface area contributed by atoms with Gasteiger partial charge in [0.25, 0.3) is 5.91 Å². The van der Waals surface area contributed by atoms with Gasteiger partial charge < -0.3 is 15.7 Å². The molecule has 0 radical (unpaired) electrons. The SMILES string of the molecule is NCCCN(C(=O)c1ccc(O)cc1F)C1CCCC1. The molecule has 2 rings (SSSR count). The van der Waals surface area contributed by atoms with Crippen LogP contribution in [0.15, 0.2) is 18.2 Å². The van der Waals surface area contributed by atoms with Gasteiger partial charge in [0, 0.05) is 18.7 Å². The first-order chi connectivity index (χ1) is 9.63. The Morgan fingerprint density at radius 2 is 2.10 bits per heavy atom. The number of benzene rings is 1. The lowest BCUT2D eigenvalue weighted by Crippen LogP contribution is -2.40. The van der Waals surface area contributed by atoms with E-state index in [0.29, 0.717) is 19.5 Å². The fraction of sp³-hybridized carbons (Fsp3) is 0.533. The molecule has 110 valence electrons. The summed E-state index contributed by atoms with van der Waals surface area (Å²) >= 11 is 0. The van der Waals surface area contributed by atoms with E-state index < -0.39 is 5.82 Å². The summed E-state index contributed by atoms with van der Waals surface area (Å²) in [6.45, 7) is 1.06. The molecule has 0 unspecified atom stereocenters. The summed E-state index contributed by atoms with van der Waals surface area (Å²) in [7, 11) is 0. The summed E-state index contributed by atoms with van der Waals surface area (Å²) in [6, 6.07) is 3.84. The lowest BCUT2D eigenvalue weighted by atomic mass is 10.1. The van der Waals surface area contributed by atoms with Gasteiger partial charge >= 0.3 is 0 Å². The number of carbonyl (C=O) groups excluding carboxylic acids is 1. The quantitative estimate of drug-likeness (QED) is 0.869. The molecule has 4 nitrogen and oxygen atoms in total. The van der Waals surface area contributed by atoms with Gasteiger partial charge in [-0.15, -0.1) is 0 Å². The lowest BCUT2D eigenvalue weighted by molar-refractivity contribution is 0.0675. The average molecular weight is 280 g/mol. The third-order valence-electron chi connectivity index (χ3n) is 3.81. The van der Waals surface area contributed by atoms with Gasteiger partial charge in [-0.05, 0) is 37.9 Å². The molecular formula is C15H21FN2O2. The van der Waals surface area contributed by atoms with Crippen LogP contribution in [0, 0.1) is 5.82 Å². The third-order valence-corrected chi connectivity index (χ3v) is 3.81. The highest BCUT2D eigenvalue weighted by Gasteiger charge is 2.28. The van der Waals surface area contributed by atoms with Crippen molar-refractivity contribution in [2.45, 2.75) is 38.1 Å². The molecular weight excluding hydrogens is 259 g/mol. The summed E-state index contributed by atoms with van der Waals surface area (Å²) in [5.74, 6) is -1.15. The van der Waals surface area contributed by atoms with Crippen molar-refractivity contribution in [3.8, 4) is 5.75 Å². The second kappa shape index (κ2) is 6.70. The van der Waals surface area contributed by atoms with Crippen molar-refractivity contribution in [3.05, 3.63) is 29.6 Å². The molecule has 1 saturated carbocycles. The third kappa shape index (κ3) is 3.28. The monoisotopic (exact) mass is 280 g/mol. The van der Waals surface area contributed by atoms with Crippen molar-refractivity contribution in [2.24, 2.45) is 5.73 Å². The van der Waals surface area contributed by atoms with E-state index in [-0.39, 0.29) is 23.3 Å². The largest absolute Gasteiger partial charge is 0.508 e. The van der Waals surface area contributed by atoms with E-state index in [1.54, 1.807) is 4.90 Å². The van der Waals surface area contributed by atoms with Crippen molar-refractivity contribution < 1.29 is 14.3 Å². The molecule has 3 N–H and O–H groups in total. The fourth-order valence-electron chi connectivity index (χ4n) is 2.76. The Morgan fingerprint density at radius 3 is 2.70 bits per heavy atom. The van der Waals surface area contributed by atoms with Crippen molar-refractivity contribution in [2.75, 3.05) is 13.1 Å². The van der Waals surface area contributed by atoms with Crippen LogP contribution in [0.2, 0.25) is 0 Å². The van der Waals surface area contributed by atoms with E-state index in [2.05, 4.69) is 0 Å². The highest BCUT2D eigenvalue weighted by Crippen LogP contribution is 2.26. The van der Waals surface area contributed by atoms with Crippen LogP contribution in [0.3, 0.4) is 0 Å². The molecule has 1 aromatic rings. The average Bonchev–Trinajstić information content (AvgIpc) is 2.93. The molecule has 0 spiro atoms. The Hall–Kier alpha value is -1.62. The molecule has 0 aliphatic heterocycles. The lowest BCUT2D eigenvalue weighted by Gasteiger charge is -2.29. The molecule has 0 bridgehead atoms. The van der Waals surface area contributed by atoms with Gasteiger partial charge in [0.05, 0.1) is 5.56 Å². The second-order valence-electron chi connectivity index (χ2n) is 5.24. The Bertz CT molecular complexity index is 473. The Balaban J connectivity index is 2.20. The highest BCUT2D eigenvalue weighted by atomic mass is 19.1. The number of phenols is 1. The zero-order valence-electron chi connectivity index (χ0n) is 11.5. The minimum Gasteiger partial charge on any atom is -0.508 e. The van der Waals surface area contributed by atoms with E-state index in [1.165, 1.54) is 12.1 Å². The molecule has 1 amide bonds. The maximum absolute atomic E-state index is 13.8. The zero-order valence-corrected chi connectivity index (χ0v) is 11.5. The molecule has 1 aromatic carbocycles. The van der Waals surface area contributed by atoms with Crippen molar-refractivity contribution in [3.63, 3.8) is 0 Å². The normalized spacial score (nSPS) is 15.5. The van der Waals surface area contributed by atoms with E-state index in [1.807, 2.05) is 0 Å². The number of phenolic OH excluding ortho intramolecular Hbond substituents is 1. The summed E-state index contributed by atoms with van der Waals surface area (Å²) in [4.78, 5) is 14.3. The number of carbonyl (C=O) groups is 1. The van der Waals surface area contributed by atoms with Crippen LogP contribution in [-0.2, 0) is 0 Å². The van der Waals surface area contributed by atoms with Crippen LogP contribution in [0.25, 0.3) is 0 Å². The molecule has 0 aromatic heterocycles. The highest BCUT2D eigenvalue weighted by molar-refractivity contribution is 5.94. The van der Waals surface area contributed by atoms with Gasteiger partial charge in [-0.3, -0.25) is 4.79 Å². The van der Waals surface area contributed by atoms with Gasteiger partial charge in [0.2, 0.25) is 0 Å². The Labute approximate surface area is 118 Å². The smallest absolute Gasteiger partial charge is 0.257 e. The van der Waals surface area contributed by atoms with Gasteiger partial charge in [-0.25, -0.2) is 4.39 Å². The van der Waals surface area contributed by atoms with Crippen molar-refractivity contribution >= 4 is 5.91 Å². The maximum atomic E-state index is 13.8. The van der Waals surface area contributed by atoms with Crippen LogP contribution in [-0.4, -0.2) is 35.0 Å². The number of aromatic hydroxyl groups is 1. The Morgan fingerprint density at radius 1 is 1.40 bits per heavy atom. The van der Waals surface area contributed by atoms with Crippen molar-refractivity contribution in [1.29, 1.82) is 0 Å². The molecule has 1 aliphatic rings. The Kier molecular flexibility index (Phi) is 4.95. The molecule has 1 fully saturated rings. The van der Waals surface area contributed by atoms with E-state index in [4.69, 9.17) is 5.73 Å². The van der Waals surface area contributed by atoms with Gasteiger partial charge in [0.1, 0.15) is 11.6 Å². The number of nitrogens with zero attached hydrogens (tertiary/aromatic N) is 1. The minimum absolute atomic E-state index is 0.0201. The van der Waals surface area contributed by atoms with Crippen LogP contribution in [0.5, 0.6) is 5.75 Å². The predicted octanol–water partition coefficient (Wildman–Crippen LogP) is 2.26. The summed E-state index contributed by atoms with van der Waals surface area (Å²) in [5, 5.41) is 9.23. The van der Waals surface area contributed by atoms with Crippen LogP contribution in [0.1, 0.15) is 42.5 Å². The summed E-state index contributed by atoms with van der Waals surface area (Å²) in [6.07, 6.45) is 4.86. The van der Waals surface area contributed by atoms with E-state index in [0.717, 1.165) is 31.7 Å². The van der Waals surface area contributed by atoms with Crippen LogP contribution < -0.4 is 5.73 Å². The van der Waals surface area contributed by atoms with Gasteiger partial charge in [-0.2, -0.15) is 0 Å². The summed E-state index contributed by atoms with van der Waals surface area (Å²) < 4.78 is 13.8. The predicted molar refractivity (Wildman–Crippen MR) is 75.0 cm³/mol. The topological polar surface area (TPSA) is 66.6 Å². The zero-order chi connectivity index (χ0) is 14.5. The summed E-state index contributed by atoms with van der Waals surface area (Å²) in [5.41, 5.74) is 5.54. The fourth-order valence-corrected chi connectivity index (χ4v) is 2.76. The number of hydrogen-bond acceptors (Lipinski definition) is 3. The van der Waals surface area contributed by atoms with Gasteiger partial charge in [0.15, 0.2) is 0 Å².